The maximum atomic E-state index is 12.2. The predicted octanol–water partition coefficient (Wildman–Crippen LogP) is 1.73. The summed E-state index contributed by atoms with van der Waals surface area (Å²) in [5, 5.41) is 6.39. The third kappa shape index (κ3) is 7.52. The fraction of sp³-hybridized carbons (Fsp3) is 0.706. The number of allylic oxidation sites excluding steroid dienone is 3. The summed E-state index contributed by atoms with van der Waals surface area (Å²) in [5.41, 5.74) is 2.70. The van der Waals surface area contributed by atoms with Crippen LogP contribution in [0.3, 0.4) is 0 Å². The first kappa shape index (κ1) is 19.5. The average Bonchev–Trinajstić information content (AvgIpc) is 2.57. The second kappa shape index (κ2) is 12.0. The first-order chi connectivity index (χ1) is 11.2. The van der Waals surface area contributed by atoms with E-state index in [1.165, 1.54) is 0 Å². The van der Waals surface area contributed by atoms with E-state index in [1.807, 2.05) is 6.92 Å². The highest BCUT2D eigenvalue weighted by atomic mass is 16.6. The molecule has 23 heavy (non-hydrogen) atoms. The van der Waals surface area contributed by atoms with Gasteiger partial charge in [0.25, 0.3) is 0 Å². The molecule has 0 aromatic carbocycles. The van der Waals surface area contributed by atoms with E-state index in [9.17, 15) is 4.79 Å². The number of methoxy groups -OCH3 is 1. The van der Waals surface area contributed by atoms with Crippen LogP contribution in [-0.4, -0.2) is 53.1 Å². The number of carbonyl (C=O) groups excluding carboxylic acids is 1. The van der Waals surface area contributed by atoms with Gasteiger partial charge in [0.2, 0.25) is 0 Å². The Morgan fingerprint density at radius 3 is 2.78 bits per heavy atom. The summed E-state index contributed by atoms with van der Waals surface area (Å²) >= 11 is 0. The number of likely N-dealkylation sites (N-methyl/N-ethyl adjacent to an activating group) is 1. The molecular formula is C17H30N2O4. The van der Waals surface area contributed by atoms with Crippen LogP contribution in [0, 0.1) is 0 Å². The Morgan fingerprint density at radius 1 is 1.26 bits per heavy atom. The molecule has 0 fully saturated rings. The van der Waals surface area contributed by atoms with Crippen LogP contribution in [0.1, 0.15) is 32.6 Å². The third-order valence-corrected chi connectivity index (χ3v) is 3.56. The van der Waals surface area contributed by atoms with Crippen molar-refractivity contribution in [2.24, 2.45) is 0 Å². The molecule has 2 N–H and O–H groups in total. The molecule has 0 aromatic heterocycles. The Balaban J connectivity index is 2.61. The van der Waals surface area contributed by atoms with E-state index in [2.05, 4.69) is 16.7 Å². The zero-order chi connectivity index (χ0) is 16.9. The van der Waals surface area contributed by atoms with Gasteiger partial charge < -0.3 is 24.8 Å². The standard InChI is InChI=1S/C17H30N2O4/c1-4-22-11-12-23-17(20)16(18-2)14-7-5-8-15(13-14)19-9-6-10-21-3/h13,18-19H,4-12H2,1-3H3/b16-14-. The van der Waals surface area contributed by atoms with Crippen molar-refractivity contribution in [3.8, 4) is 0 Å². The normalized spacial score (nSPS) is 16.6. The second-order valence-electron chi connectivity index (χ2n) is 5.28. The first-order valence-electron chi connectivity index (χ1n) is 8.32. The van der Waals surface area contributed by atoms with Crippen molar-refractivity contribution in [2.75, 3.05) is 47.1 Å². The van der Waals surface area contributed by atoms with Crippen molar-refractivity contribution >= 4 is 5.97 Å². The zero-order valence-corrected chi connectivity index (χ0v) is 14.6. The van der Waals surface area contributed by atoms with Crippen LogP contribution in [0.2, 0.25) is 0 Å². The summed E-state index contributed by atoms with van der Waals surface area (Å²) in [6.45, 7) is 4.86. The molecule has 1 aliphatic rings. The van der Waals surface area contributed by atoms with Crippen molar-refractivity contribution in [1.29, 1.82) is 0 Å². The Morgan fingerprint density at radius 2 is 2.09 bits per heavy atom. The molecule has 0 bridgehead atoms. The van der Waals surface area contributed by atoms with Crippen molar-refractivity contribution in [2.45, 2.75) is 32.6 Å². The summed E-state index contributed by atoms with van der Waals surface area (Å²) < 4.78 is 15.5. The molecule has 0 aliphatic heterocycles. The molecule has 6 heteroatoms. The average molecular weight is 326 g/mol. The minimum Gasteiger partial charge on any atom is -0.459 e. The number of carbonyl (C=O) groups is 1. The molecule has 0 saturated carbocycles. The minimum absolute atomic E-state index is 0.275. The van der Waals surface area contributed by atoms with Gasteiger partial charge in [0.1, 0.15) is 12.3 Å². The number of hydrogen-bond donors (Lipinski definition) is 2. The highest BCUT2D eigenvalue weighted by Gasteiger charge is 2.17. The van der Waals surface area contributed by atoms with Crippen molar-refractivity contribution in [1.82, 2.24) is 10.6 Å². The summed E-state index contributed by atoms with van der Waals surface area (Å²) in [7, 11) is 3.46. The Kier molecular flexibility index (Phi) is 10.2. The quantitative estimate of drug-likeness (QED) is 0.342. The van der Waals surface area contributed by atoms with Crippen LogP contribution in [0.15, 0.2) is 23.0 Å². The second-order valence-corrected chi connectivity index (χ2v) is 5.28. The lowest BCUT2D eigenvalue weighted by molar-refractivity contribution is -0.141. The molecule has 0 heterocycles. The van der Waals surface area contributed by atoms with E-state index >= 15 is 0 Å². The Bertz CT molecular complexity index is 419. The maximum absolute atomic E-state index is 12.2. The molecule has 132 valence electrons. The lowest BCUT2D eigenvalue weighted by atomic mass is 9.97. The van der Waals surface area contributed by atoms with E-state index in [1.54, 1.807) is 14.2 Å². The number of rotatable bonds is 11. The summed E-state index contributed by atoms with van der Waals surface area (Å²) in [6.07, 6.45) is 5.93. The van der Waals surface area contributed by atoms with Crippen LogP contribution < -0.4 is 10.6 Å². The monoisotopic (exact) mass is 326 g/mol. The van der Waals surface area contributed by atoms with Gasteiger partial charge in [0.15, 0.2) is 0 Å². The first-order valence-corrected chi connectivity index (χ1v) is 8.32. The number of ether oxygens (including phenoxy) is 3. The Labute approximate surface area is 139 Å². The lowest BCUT2D eigenvalue weighted by Crippen LogP contribution is -2.24. The number of hydrogen-bond acceptors (Lipinski definition) is 6. The van der Waals surface area contributed by atoms with E-state index in [0.29, 0.717) is 18.9 Å². The number of nitrogens with one attached hydrogen (secondary N) is 2. The van der Waals surface area contributed by atoms with Crippen LogP contribution >= 0.6 is 0 Å². The molecular weight excluding hydrogens is 296 g/mol. The fourth-order valence-electron chi connectivity index (χ4n) is 2.43. The molecule has 0 atom stereocenters. The van der Waals surface area contributed by atoms with Crippen molar-refractivity contribution in [3.05, 3.63) is 23.0 Å². The predicted molar refractivity (Wildman–Crippen MR) is 90.0 cm³/mol. The van der Waals surface area contributed by atoms with Crippen LogP contribution in [0.5, 0.6) is 0 Å². The fourth-order valence-corrected chi connectivity index (χ4v) is 2.43. The molecule has 0 radical (unpaired) electrons. The molecule has 0 unspecified atom stereocenters. The molecule has 1 aliphatic carbocycles. The largest absolute Gasteiger partial charge is 0.459 e. The van der Waals surface area contributed by atoms with E-state index in [-0.39, 0.29) is 12.6 Å². The van der Waals surface area contributed by atoms with Crippen molar-refractivity contribution in [3.63, 3.8) is 0 Å². The van der Waals surface area contributed by atoms with Gasteiger partial charge in [0.05, 0.1) is 6.61 Å². The maximum Gasteiger partial charge on any atom is 0.354 e. The highest BCUT2D eigenvalue weighted by molar-refractivity contribution is 5.89. The van der Waals surface area contributed by atoms with Crippen LogP contribution in [0.4, 0.5) is 0 Å². The minimum atomic E-state index is -0.320. The van der Waals surface area contributed by atoms with Crippen LogP contribution in [-0.2, 0) is 19.0 Å². The zero-order valence-electron chi connectivity index (χ0n) is 14.6. The summed E-state index contributed by atoms with van der Waals surface area (Å²) in [6, 6.07) is 0. The smallest absolute Gasteiger partial charge is 0.354 e. The Hall–Kier alpha value is -1.53. The van der Waals surface area contributed by atoms with Gasteiger partial charge in [0, 0.05) is 39.6 Å². The highest BCUT2D eigenvalue weighted by Crippen LogP contribution is 2.23. The van der Waals surface area contributed by atoms with Gasteiger partial charge in [-0.3, -0.25) is 0 Å². The molecule has 6 nitrogen and oxygen atoms in total. The van der Waals surface area contributed by atoms with Gasteiger partial charge in [-0.05, 0) is 44.3 Å². The summed E-state index contributed by atoms with van der Waals surface area (Å²) in [4.78, 5) is 12.2. The van der Waals surface area contributed by atoms with E-state index < -0.39 is 0 Å². The summed E-state index contributed by atoms with van der Waals surface area (Å²) in [5.74, 6) is -0.320. The van der Waals surface area contributed by atoms with E-state index in [0.717, 1.165) is 50.1 Å². The molecule has 0 spiro atoms. The van der Waals surface area contributed by atoms with Gasteiger partial charge >= 0.3 is 5.97 Å². The molecule has 1 rings (SSSR count). The van der Waals surface area contributed by atoms with Gasteiger partial charge in [-0.25, -0.2) is 4.79 Å². The molecule has 0 saturated heterocycles. The molecule has 0 amide bonds. The van der Waals surface area contributed by atoms with Gasteiger partial charge in [-0.15, -0.1) is 0 Å². The SMILES string of the molecule is CCOCCOC(=O)/C(NC)=C1/C=C(NCCCOC)CCC1. The van der Waals surface area contributed by atoms with Gasteiger partial charge in [-0.2, -0.15) is 0 Å². The van der Waals surface area contributed by atoms with E-state index in [4.69, 9.17) is 14.2 Å². The number of esters is 1. The van der Waals surface area contributed by atoms with Gasteiger partial charge in [-0.1, -0.05) is 0 Å². The topological polar surface area (TPSA) is 68.8 Å². The lowest BCUT2D eigenvalue weighted by Gasteiger charge is -2.19. The van der Waals surface area contributed by atoms with Crippen LogP contribution in [0.25, 0.3) is 0 Å². The molecule has 0 aromatic rings. The van der Waals surface area contributed by atoms with Crippen molar-refractivity contribution < 1.29 is 19.0 Å². The third-order valence-electron chi connectivity index (χ3n) is 3.56.